The molecule has 1 amide bonds. The van der Waals surface area contributed by atoms with Gasteiger partial charge in [-0.1, -0.05) is 48.5 Å². The zero-order chi connectivity index (χ0) is 16.3. The molecule has 3 aliphatic rings. The summed E-state index contributed by atoms with van der Waals surface area (Å²) in [5, 5.41) is 9.78. The highest BCUT2D eigenvalue weighted by molar-refractivity contribution is 5.96. The van der Waals surface area contributed by atoms with Crippen molar-refractivity contribution in [3.05, 3.63) is 70.8 Å². The van der Waals surface area contributed by atoms with Crippen molar-refractivity contribution in [2.75, 3.05) is 13.1 Å². The molecule has 24 heavy (non-hydrogen) atoms. The lowest BCUT2D eigenvalue weighted by Gasteiger charge is -2.38. The van der Waals surface area contributed by atoms with E-state index in [2.05, 4.69) is 48.5 Å². The highest BCUT2D eigenvalue weighted by atomic mass is 16.3. The number of benzene rings is 2. The minimum atomic E-state index is -0.514. The number of fused-ring (bicyclic) bond motifs is 8. The van der Waals surface area contributed by atoms with E-state index >= 15 is 0 Å². The van der Waals surface area contributed by atoms with Crippen molar-refractivity contribution in [1.82, 2.24) is 4.90 Å². The third-order valence-electron chi connectivity index (χ3n) is 6.22. The molecule has 2 aromatic carbocycles. The maximum absolute atomic E-state index is 13.7. The summed E-state index contributed by atoms with van der Waals surface area (Å²) in [6.45, 7) is 1.33. The van der Waals surface area contributed by atoms with Gasteiger partial charge in [-0.3, -0.25) is 4.79 Å². The third kappa shape index (κ3) is 1.68. The number of carbonyl (C=O) groups excluding carboxylic acids is 1. The standard InChI is InChI=1S/C21H21NO2/c23-14-9-11-22(12-10-14)20(24)21-13-17(15-5-1-3-7-18(15)21)16-6-2-4-8-19(16)21/h1-8,14,17,23H,9-13H2. The Labute approximate surface area is 141 Å². The normalized spacial score (nSPS) is 27.9. The molecule has 1 fully saturated rings. The van der Waals surface area contributed by atoms with Gasteiger partial charge in [0.2, 0.25) is 5.91 Å². The number of likely N-dealkylation sites (tertiary alicyclic amines) is 1. The molecule has 1 heterocycles. The summed E-state index contributed by atoms with van der Waals surface area (Å²) in [6, 6.07) is 16.9. The van der Waals surface area contributed by atoms with Crippen molar-refractivity contribution in [2.45, 2.75) is 36.7 Å². The molecule has 2 aromatic rings. The Hall–Kier alpha value is -2.13. The van der Waals surface area contributed by atoms with Crippen molar-refractivity contribution in [1.29, 1.82) is 0 Å². The molecule has 1 N–H and O–H groups in total. The van der Waals surface area contributed by atoms with Crippen LogP contribution >= 0.6 is 0 Å². The zero-order valence-electron chi connectivity index (χ0n) is 13.6. The molecular weight excluding hydrogens is 298 g/mol. The Kier molecular flexibility index (Phi) is 2.93. The van der Waals surface area contributed by atoms with Crippen LogP contribution in [0, 0.1) is 0 Å². The first-order chi connectivity index (χ1) is 11.7. The molecule has 1 saturated heterocycles. The summed E-state index contributed by atoms with van der Waals surface area (Å²) in [7, 11) is 0. The molecule has 0 atom stereocenters. The predicted molar refractivity (Wildman–Crippen MR) is 91.9 cm³/mol. The summed E-state index contributed by atoms with van der Waals surface area (Å²) >= 11 is 0. The minimum absolute atomic E-state index is 0.231. The minimum Gasteiger partial charge on any atom is -0.393 e. The Balaban J connectivity index is 1.65. The largest absolute Gasteiger partial charge is 0.393 e. The number of nitrogens with zero attached hydrogens (tertiary/aromatic N) is 1. The van der Waals surface area contributed by atoms with Crippen LogP contribution in [0.4, 0.5) is 0 Å². The second kappa shape index (κ2) is 4.93. The van der Waals surface area contributed by atoms with E-state index in [0.717, 1.165) is 6.42 Å². The second-order valence-corrected chi connectivity index (χ2v) is 7.36. The van der Waals surface area contributed by atoms with Crippen LogP contribution in [-0.2, 0) is 10.2 Å². The number of aliphatic hydroxyl groups excluding tert-OH is 1. The SMILES string of the molecule is O=C(N1CCC(O)CC1)C12CC(c3ccccc31)c1ccccc12. The Bertz CT molecular complexity index is 773. The van der Waals surface area contributed by atoms with Gasteiger partial charge >= 0.3 is 0 Å². The molecule has 3 nitrogen and oxygen atoms in total. The van der Waals surface area contributed by atoms with Crippen LogP contribution in [0.1, 0.15) is 47.4 Å². The molecule has 3 heteroatoms. The summed E-state index contributed by atoms with van der Waals surface area (Å²) in [5.41, 5.74) is 4.53. The van der Waals surface area contributed by atoms with Crippen molar-refractivity contribution >= 4 is 5.91 Å². The summed E-state index contributed by atoms with van der Waals surface area (Å²) in [4.78, 5) is 15.6. The molecular formula is C21H21NO2. The fraction of sp³-hybridized carbons (Fsp3) is 0.381. The maximum atomic E-state index is 13.7. The summed E-state index contributed by atoms with van der Waals surface area (Å²) in [5.74, 6) is 0.575. The Morgan fingerprint density at radius 3 is 2.08 bits per heavy atom. The predicted octanol–water partition coefficient (Wildman–Crippen LogP) is 2.81. The molecule has 0 radical (unpaired) electrons. The molecule has 1 aliphatic heterocycles. The van der Waals surface area contributed by atoms with Crippen molar-refractivity contribution in [3.63, 3.8) is 0 Å². The smallest absolute Gasteiger partial charge is 0.237 e. The van der Waals surface area contributed by atoms with Gasteiger partial charge in [-0.15, -0.1) is 0 Å². The van der Waals surface area contributed by atoms with Crippen LogP contribution < -0.4 is 0 Å². The van der Waals surface area contributed by atoms with E-state index < -0.39 is 5.41 Å². The first-order valence-electron chi connectivity index (χ1n) is 8.88. The van der Waals surface area contributed by atoms with Gasteiger partial charge in [0.15, 0.2) is 0 Å². The van der Waals surface area contributed by atoms with Gasteiger partial charge in [0.1, 0.15) is 5.41 Å². The third-order valence-corrected chi connectivity index (χ3v) is 6.22. The van der Waals surface area contributed by atoms with E-state index in [9.17, 15) is 9.90 Å². The van der Waals surface area contributed by atoms with Crippen LogP contribution in [0.5, 0.6) is 0 Å². The van der Waals surface area contributed by atoms with E-state index in [0.29, 0.717) is 31.8 Å². The summed E-state index contributed by atoms with van der Waals surface area (Å²) < 4.78 is 0. The van der Waals surface area contributed by atoms with E-state index in [1.54, 1.807) is 0 Å². The highest BCUT2D eigenvalue weighted by Gasteiger charge is 2.58. The average Bonchev–Trinajstić information content (AvgIpc) is 3.16. The fourth-order valence-electron chi connectivity index (χ4n) is 5.09. The number of hydrogen-bond donors (Lipinski definition) is 1. The first kappa shape index (κ1) is 14.2. The molecule has 0 saturated carbocycles. The highest BCUT2D eigenvalue weighted by Crippen LogP contribution is 2.60. The van der Waals surface area contributed by atoms with Crippen molar-refractivity contribution in [3.8, 4) is 0 Å². The van der Waals surface area contributed by atoms with E-state index in [-0.39, 0.29) is 12.0 Å². The average molecular weight is 319 g/mol. The molecule has 2 aliphatic carbocycles. The number of rotatable bonds is 1. The molecule has 0 spiro atoms. The van der Waals surface area contributed by atoms with Crippen LogP contribution in [0.25, 0.3) is 0 Å². The lowest BCUT2D eigenvalue weighted by atomic mass is 9.74. The van der Waals surface area contributed by atoms with E-state index in [1.807, 2.05) is 4.90 Å². The Morgan fingerprint density at radius 2 is 1.50 bits per heavy atom. The monoisotopic (exact) mass is 319 g/mol. The van der Waals surface area contributed by atoms with Gasteiger partial charge in [0.25, 0.3) is 0 Å². The van der Waals surface area contributed by atoms with E-state index in [4.69, 9.17) is 0 Å². The van der Waals surface area contributed by atoms with Gasteiger partial charge in [-0.2, -0.15) is 0 Å². The number of carbonyl (C=O) groups is 1. The van der Waals surface area contributed by atoms with Crippen LogP contribution in [0.2, 0.25) is 0 Å². The van der Waals surface area contributed by atoms with Gasteiger partial charge in [-0.25, -0.2) is 0 Å². The number of piperidine rings is 1. The Morgan fingerprint density at radius 1 is 0.958 bits per heavy atom. The topological polar surface area (TPSA) is 40.5 Å². The lowest BCUT2D eigenvalue weighted by Crippen LogP contribution is -2.49. The quantitative estimate of drug-likeness (QED) is 0.878. The van der Waals surface area contributed by atoms with Crippen LogP contribution in [-0.4, -0.2) is 35.1 Å². The fourth-order valence-corrected chi connectivity index (χ4v) is 5.09. The van der Waals surface area contributed by atoms with E-state index in [1.165, 1.54) is 22.3 Å². The number of hydrogen-bond acceptors (Lipinski definition) is 2. The molecule has 122 valence electrons. The number of amides is 1. The van der Waals surface area contributed by atoms with Gasteiger partial charge in [0.05, 0.1) is 6.10 Å². The molecule has 0 aromatic heterocycles. The van der Waals surface area contributed by atoms with Crippen molar-refractivity contribution in [2.24, 2.45) is 0 Å². The zero-order valence-corrected chi connectivity index (χ0v) is 13.6. The van der Waals surface area contributed by atoms with Crippen LogP contribution in [0.3, 0.4) is 0 Å². The van der Waals surface area contributed by atoms with Crippen molar-refractivity contribution < 1.29 is 9.90 Å². The van der Waals surface area contributed by atoms with Crippen LogP contribution in [0.15, 0.2) is 48.5 Å². The first-order valence-corrected chi connectivity index (χ1v) is 8.88. The van der Waals surface area contributed by atoms with Gasteiger partial charge < -0.3 is 10.0 Å². The van der Waals surface area contributed by atoms with Gasteiger partial charge in [0, 0.05) is 19.0 Å². The van der Waals surface area contributed by atoms with Gasteiger partial charge in [-0.05, 0) is 41.5 Å². The molecule has 0 unspecified atom stereocenters. The molecule has 2 bridgehead atoms. The number of aliphatic hydroxyl groups is 1. The maximum Gasteiger partial charge on any atom is 0.237 e. The summed E-state index contributed by atoms with van der Waals surface area (Å²) in [6.07, 6.45) is 1.98. The lowest BCUT2D eigenvalue weighted by molar-refractivity contribution is -0.137. The molecule has 5 rings (SSSR count). The second-order valence-electron chi connectivity index (χ2n) is 7.36.